The van der Waals surface area contributed by atoms with Gasteiger partial charge in [-0.1, -0.05) is 35.9 Å². The molecule has 2 aromatic carbocycles. The van der Waals surface area contributed by atoms with Crippen molar-refractivity contribution in [1.82, 2.24) is 0 Å². The van der Waals surface area contributed by atoms with Crippen molar-refractivity contribution in [2.24, 2.45) is 0 Å². The van der Waals surface area contributed by atoms with Crippen molar-refractivity contribution in [3.8, 4) is 16.9 Å². The van der Waals surface area contributed by atoms with Crippen LogP contribution in [0.25, 0.3) is 11.1 Å². The molecule has 118 valence electrons. The summed E-state index contributed by atoms with van der Waals surface area (Å²) in [7, 11) is 1.11. The molecule has 2 rings (SSSR count). The molecule has 0 spiro atoms. The van der Waals surface area contributed by atoms with Gasteiger partial charge >= 0.3 is 6.36 Å². The molecule has 0 aromatic heterocycles. The number of rotatable bonds is 3. The normalized spacial score (nSPS) is 12.2. The van der Waals surface area contributed by atoms with Crippen molar-refractivity contribution in [3.63, 3.8) is 0 Å². The Morgan fingerprint density at radius 2 is 1.68 bits per heavy atom. The molecule has 0 N–H and O–H groups in total. The van der Waals surface area contributed by atoms with Crippen LogP contribution >= 0.6 is 22.3 Å². The van der Waals surface area contributed by atoms with Gasteiger partial charge in [0.1, 0.15) is 10.6 Å². The number of hydrogen-bond donors (Lipinski definition) is 0. The Morgan fingerprint density at radius 3 is 2.27 bits per heavy atom. The molecule has 0 radical (unpaired) electrons. The number of ether oxygens (including phenoxy) is 1. The molecule has 22 heavy (non-hydrogen) atoms. The van der Waals surface area contributed by atoms with Crippen LogP contribution < -0.4 is 4.74 Å². The van der Waals surface area contributed by atoms with Crippen molar-refractivity contribution >= 4 is 31.3 Å². The Morgan fingerprint density at radius 1 is 1.05 bits per heavy atom. The van der Waals surface area contributed by atoms with E-state index >= 15 is 0 Å². The van der Waals surface area contributed by atoms with Crippen molar-refractivity contribution in [2.75, 3.05) is 0 Å². The number of para-hydroxylation sites is 1. The third-order valence-corrected chi connectivity index (χ3v) is 4.42. The van der Waals surface area contributed by atoms with Gasteiger partial charge in [-0.05, 0) is 23.8 Å². The number of alkyl halides is 3. The van der Waals surface area contributed by atoms with Crippen molar-refractivity contribution in [3.05, 3.63) is 47.5 Å². The Kier molecular flexibility index (Phi) is 4.60. The largest absolute Gasteiger partial charge is 0.573 e. The van der Waals surface area contributed by atoms with Crippen LogP contribution in [0.15, 0.2) is 47.4 Å². The van der Waals surface area contributed by atoms with Crippen LogP contribution in [0.3, 0.4) is 0 Å². The summed E-state index contributed by atoms with van der Waals surface area (Å²) < 4.78 is 64.0. The van der Waals surface area contributed by atoms with Crippen LogP contribution in [-0.2, 0) is 9.05 Å². The lowest BCUT2D eigenvalue weighted by atomic mass is 10.0. The zero-order valence-corrected chi connectivity index (χ0v) is 12.9. The molecule has 0 saturated heterocycles. The van der Waals surface area contributed by atoms with E-state index in [9.17, 15) is 21.6 Å². The molecule has 3 nitrogen and oxygen atoms in total. The molecule has 0 saturated carbocycles. The van der Waals surface area contributed by atoms with E-state index in [0.29, 0.717) is 0 Å². The van der Waals surface area contributed by atoms with Gasteiger partial charge in [0, 0.05) is 16.2 Å². The minimum absolute atomic E-state index is 0.0538. The summed E-state index contributed by atoms with van der Waals surface area (Å²) in [4.78, 5) is -0.393. The van der Waals surface area contributed by atoms with E-state index in [1.807, 2.05) is 0 Å². The lowest BCUT2D eigenvalue weighted by Crippen LogP contribution is -2.17. The molecule has 9 heteroatoms. The molecule has 0 fully saturated rings. The monoisotopic (exact) mass is 370 g/mol. The molecule has 0 bridgehead atoms. The van der Waals surface area contributed by atoms with Gasteiger partial charge in [-0.3, -0.25) is 0 Å². The fourth-order valence-electron chi connectivity index (χ4n) is 1.78. The first-order chi connectivity index (χ1) is 10.1. The standard InChI is InChI=1S/C13H7Cl2F3O3S/c14-10-6-5-8(7-12(10)22(15,19)20)9-3-1-2-4-11(9)21-13(16,17)18/h1-7H. The Balaban J connectivity index is 2.59. The second-order valence-electron chi connectivity index (χ2n) is 4.13. The molecular formula is C13H7Cl2F3O3S. The third kappa shape index (κ3) is 4.06. The van der Waals surface area contributed by atoms with Crippen molar-refractivity contribution in [2.45, 2.75) is 11.3 Å². The van der Waals surface area contributed by atoms with Gasteiger partial charge in [-0.2, -0.15) is 0 Å². The van der Waals surface area contributed by atoms with Crippen LogP contribution in [0.2, 0.25) is 5.02 Å². The molecular weight excluding hydrogens is 364 g/mol. The summed E-state index contributed by atoms with van der Waals surface area (Å²) in [6.07, 6.45) is -4.87. The number of halogens is 5. The third-order valence-electron chi connectivity index (χ3n) is 2.62. The predicted molar refractivity (Wildman–Crippen MR) is 76.6 cm³/mol. The molecule has 0 atom stereocenters. The topological polar surface area (TPSA) is 43.4 Å². The van der Waals surface area contributed by atoms with Crippen LogP contribution in [0.1, 0.15) is 0 Å². The Labute approximate surface area is 133 Å². The summed E-state index contributed by atoms with van der Waals surface area (Å²) in [5, 5.41) is -0.132. The van der Waals surface area contributed by atoms with Crippen LogP contribution in [0.5, 0.6) is 5.75 Å². The van der Waals surface area contributed by atoms with E-state index in [1.165, 1.54) is 30.3 Å². The highest BCUT2D eigenvalue weighted by molar-refractivity contribution is 8.13. The highest BCUT2D eigenvalue weighted by Crippen LogP contribution is 2.36. The molecule has 0 heterocycles. The Hall–Kier alpha value is -1.44. The van der Waals surface area contributed by atoms with Gasteiger partial charge in [0.25, 0.3) is 9.05 Å². The first-order valence-corrected chi connectivity index (χ1v) is 8.36. The summed E-state index contributed by atoms with van der Waals surface area (Å²) in [6, 6.07) is 9.01. The maximum absolute atomic E-state index is 12.4. The van der Waals surface area contributed by atoms with Gasteiger partial charge < -0.3 is 4.74 Å². The van der Waals surface area contributed by atoms with E-state index in [0.717, 1.165) is 12.1 Å². The van der Waals surface area contributed by atoms with Crippen LogP contribution in [-0.4, -0.2) is 14.8 Å². The van der Waals surface area contributed by atoms with Gasteiger partial charge in [0.05, 0.1) is 5.02 Å². The highest BCUT2D eigenvalue weighted by atomic mass is 35.7. The quantitative estimate of drug-likeness (QED) is 0.726. The van der Waals surface area contributed by atoms with Crippen LogP contribution in [0.4, 0.5) is 13.2 Å². The molecule has 2 aromatic rings. The van der Waals surface area contributed by atoms with E-state index in [-0.39, 0.29) is 16.1 Å². The average molecular weight is 371 g/mol. The summed E-state index contributed by atoms with van der Waals surface area (Å²) in [5.74, 6) is -0.463. The zero-order chi connectivity index (χ0) is 16.5. The molecule has 0 unspecified atom stereocenters. The smallest absolute Gasteiger partial charge is 0.405 e. The van der Waals surface area contributed by atoms with E-state index in [2.05, 4.69) is 4.74 Å². The summed E-state index contributed by atoms with van der Waals surface area (Å²) >= 11 is 5.74. The highest BCUT2D eigenvalue weighted by Gasteiger charge is 2.32. The first-order valence-electron chi connectivity index (χ1n) is 5.67. The minimum atomic E-state index is -4.87. The number of benzene rings is 2. The maximum atomic E-state index is 12.4. The first kappa shape index (κ1) is 16.9. The lowest BCUT2D eigenvalue weighted by Gasteiger charge is -2.14. The maximum Gasteiger partial charge on any atom is 0.573 e. The van der Waals surface area contributed by atoms with Gasteiger partial charge in [0.15, 0.2) is 0 Å². The molecule has 0 aliphatic heterocycles. The van der Waals surface area contributed by atoms with Crippen LogP contribution in [0, 0.1) is 0 Å². The van der Waals surface area contributed by atoms with Gasteiger partial charge in [-0.25, -0.2) is 8.42 Å². The van der Waals surface area contributed by atoms with E-state index in [4.69, 9.17) is 22.3 Å². The average Bonchev–Trinajstić information content (AvgIpc) is 2.37. The minimum Gasteiger partial charge on any atom is -0.405 e. The van der Waals surface area contributed by atoms with Crippen molar-refractivity contribution in [1.29, 1.82) is 0 Å². The molecule has 0 aliphatic carbocycles. The molecule has 0 amide bonds. The second kappa shape index (κ2) is 5.98. The SMILES string of the molecule is O=S(=O)(Cl)c1cc(-c2ccccc2OC(F)(F)F)ccc1Cl. The summed E-state index contributed by atoms with van der Waals surface area (Å²) in [6.45, 7) is 0. The van der Waals surface area contributed by atoms with Gasteiger partial charge in [0.2, 0.25) is 0 Å². The fourth-order valence-corrected chi connectivity index (χ4v) is 3.27. The van der Waals surface area contributed by atoms with Crippen molar-refractivity contribution < 1.29 is 26.3 Å². The number of hydrogen-bond acceptors (Lipinski definition) is 3. The van der Waals surface area contributed by atoms with Gasteiger partial charge in [-0.15, -0.1) is 13.2 Å². The molecule has 0 aliphatic rings. The predicted octanol–water partition coefficient (Wildman–Crippen LogP) is 4.83. The second-order valence-corrected chi connectivity index (χ2v) is 7.07. The zero-order valence-electron chi connectivity index (χ0n) is 10.6. The summed E-state index contributed by atoms with van der Waals surface area (Å²) in [5.41, 5.74) is 0.224. The lowest BCUT2D eigenvalue weighted by molar-refractivity contribution is -0.274. The Bertz CT molecular complexity index is 804. The fraction of sp³-hybridized carbons (Fsp3) is 0.0769. The van der Waals surface area contributed by atoms with E-state index in [1.54, 1.807) is 0 Å². The van der Waals surface area contributed by atoms with E-state index < -0.39 is 26.1 Å².